The maximum atomic E-state index is 12.0. The van der Waals surface area contributed by atoms with Crippen molar-refractivity contribution in [1.29, 1.82) is 0 Å². The van der Waals surface area contributed by atoms with Gasteiger partial charge < -0.3 is 14.7 Å². The Labute approximate surface area is 93.7 Å². The fraction of sp³-hybridized carbons (Fsp3) is 0.636. The van der Waals surface area contributed by atoms with Crippen molar-refractivity contribution in [3.63, 3.8) is 0 Å². The van der Waals surface area contributed by atoms with Gasteiger partial charge in [0, 0.05) is 19.5 Å². The van der Waals surface area contributed by atoms with E-state index in [1.54, 1.807) is 4.90 Å². The van der Waals surface area contributed by atoms with Crippen molar-refractivity contribution in [2.45, 2.75) is 19.3 Å². The smallest absolute Gasteiger partial charge is 0.308 e. The van der Waals surface area contributed by atoms with Gasteiger partial charge in [-0.1, -0.05) is 0 Å². The third-order valence-electron chi connectivity index (χ3n) is 3.05. The Balaban J connectivity index is 1.98. The van der Waals surface area contributed by atoms with Gasteiger partial charge in [-0.25, -0.2) is 0 Å². The first-order valence-corrected chi connectivity index (χ1v) is 5.51. The number of ether oxygens (including phenoxy) is 1. The van der Waals surface area contributed by atoms with Crippen LogP contribution in [0.15, 0.2) is 11.8 Å². The Bertz CT molecular complexity index is 337. The van der Waals surface area contributed by atoms with Crippen LogP contribution in [0.25, 0.3) is 0 Å². The molecule has 0 bridgehead atoms. The van der Waals surface area contributed by atoms with Crippen molar-refractivity contribution >= 4 is 11.9 Å². The van der Waals surface area contributed by atoms with Crippen LogP contribution in [0.4, 0.5) is 0 Å². The minimum atomic E-state index is -0.811. The lowest BCUT2D eigenvalue weighted by Crippen LogP contribution is -2.42. The van der Waals surface area contributed by atoms with E-state index in [4.69, 9.17) is 9.84 Å². The van der Waals surface area contributed by atoms with Gasteiger partial charge in [-0.3, -0.25) is 9.59 Å². The van der Waals surface area contributed by atoms with Crippen LogP contribution in [-0.4, -0.2) is 41.6 Å². The molecule has 1 atom stereocenters. The van der Waals surface area contributed by atoms with E-state index in [0.717, 1.165) is 6.42 Å². The molecule has 1 saturated heterocycles. The van der Waals surface area contributed by atoms with E-state index in [0.29, 0.717) is 38.1 Å². The minimum absolute atomic E-state index is 0.0662. The minimum Gasteiger partial charge on any atom is -0.500 e. The molecule has 1 fully saturated rings. The predicted octanol–water partition coefficient (Wildman–Crippen LogP) is 0.614. The Kier molecular flexibility index (Phi) is 3.12. The molecule has 0 spiro atoms. The first-order valence-electron chi connectivity index (χ1n) is 5.51. The van der Waals surface area contributed by atoms with E-state index in [9.17, 15) is 9.59 Å². The van der Waals surface area contributed by atoms with Gasteiger partial charge in [-0.15, -0.1) is 0 Å². The molecule has 2 rings (SSSR count). The number of piperidine rings is 1. The van der Waals surface area contributed by atoms with Crippen molar-refractivity contribution in [1.82, 2.24) is 4.90 Å². The summed E-state index contributed by atoms with van der Waals surface area (Å²) in [6, 6.07) is 0. The van der Waals surface area contributed by atoms with E-state index < -0.39 is 11.9 Å². The zero-order valence-electron chi connectivity index (χ0n) is 9.02. The van der Waals surface area contributed by atoms with Crippen LogP contribution in [0.3, 0.4) is 0 Å². The molecule has 0 radical (unpaired) electrons. The summed E-state index contributed by atoms with van der Waals surface area (Å²) in [7, 11) is 0. The summed E-state index contributed by atoms with van der Waals surface area (Å²) in [5, 5.41) is 8.93. The van der Waals surface area contributed by atoms with Gasteiger partial charge in [0.2, 0.25) is 0 Å². The lowest BCUT2D eigenvalue weighted by Gasteiger charge is -2.30. The average molecular weight is 225 g/mol. The average Bonchev–Trinajstić information content (AvgIpc) is 2.81. The highest BCUT2D eigenvalue weighted by Crippen LogP contribution is 2.21. The SMILES string of the molecule is O=C(O)C1CCCN(C(=O)C2=COCC2)C1. The second kappa shape index (κ2) is 4.55. The molecule has 1 N–H and O–H groups in total. The third kappa shape index (κ3) is 2.18. The molecule has 0 aromatic rings. The molecule has 1 unspecified atom stereocenters. The molecule has 5 nitrogen and oxygen atoms in total. The number of carboxylic acid groups (broad SMARTS) is 1. The number of amides is 1. The first-order chi connectivity index (χ1) is 7.68. The fourth-order valence-electron chi connectivity index (χ4n) is 2.11. The number of hydrogen-bond acceptors (Lipinski definition) is 3. The standard InChI is InChI=1S/C11H15NO4/c13-10(9-3-5-16-7-9)12-4-1-2-8(6-12)11(14)15/h7-8H,1-6H2,(H,14,15). The Morgan fingerprint density at radius 1 is 1.50 bits per heavy atom. The van der Waals surface area contributed by atoms with Crippen LogP contribution in [0.1, 0.15) is 19.3 Å². The molecule has 2 aliphatic rings. The summed E-state index contributed by atoms with van der Waals surface area (Å²) in [6.45, 7) is 1.53. The zero-order chi connectivity index (χ0) is 11.5. The maximum Gasteiger partial charge on any atom is 0.308 e. The van der Waals surface area contributed by atoms with Gasteiger partial charge in [-0.2, -0.15) is 0 Å². The van der Waals surface area contributed by atoms with Gasteiger partial charge in [0.15, 0.2) is 0 Å². The summed E-state index contributed by atoms with van der Waals surface area (Å²) in [5.74, 6) is -1.29. The zero-order valence-corrected chi connectivity index (χ0v) is 9.02. The van der Waals surface area contributed by atoms with Crippen molar-refractivity contribution in [3.05, 3.63) is 11.8 Å². The van der Waals surface area contributed by atoms with Gasteiger partial charge in [-0.05, 0) is 12.8 Å². The largest absolute Gasteiger partial charge is 0.500 e. The van der Waals surface area contributed by atoms with Crippen LogP contribution < -0.4 is 0 Å². The monoisotopic (exact) mass is 225 g/mol. The number of carbonyl (C=O) groups excluding carboxylic acids is 1. The number of hydrogen-bond donors (Lipinski definition) is 1. The quantitative estimate of drug-likeness (QED) is 0.747. The Morgan fingerprint density at radius 3 is 2.94 bits per heavy atom. The third-order valence-corrected chi connectivity index (χ3v) is 3.05. The summed E-state index contributed by atoms with van der Waals surface area (Å²) >= 11 is 0. The molecule has 0 saturated carbocycles. The van der Waals surface area contributed by atoms with E-state index in [1.807, 2.05) is 0 Å². The van der Waals surface area contributed by atoms with Crippen molar-refractivity contribution in [2.75, 3.05) is 19.7 Å². The summed E-state index contributed by atoms with van der Waals surface area (Å²) in [5.41, 5.74) is 0.658. The van der Waals surface area contributed by atoms with E-state index in [2.05, 4.69) is 0 Å². The fourth-order valence-corrected chi connectivity index (χ4v) is 2.11. The maximum absolute atomic E-state index is 12.0. The number of carbonyl (C=O) groups is 2. The lowest BCUT2D eigenvalue weighted by molar-refractivity contribution is -0.145. The van der Waals surface area contributed by atoms with Crippen molar-refractivity contribution in [2.24, 2.45) is 5.92 Å². The Morgan fingerprint density at radius 2 is 2.31 bits per heavy atom. The topological polar surface area (TPSA) is 66.8 Å². The van der Waals surface area contributed by atoms with Crippen LogP contribution in [0, 0.1) is 5.92 Å². The van der Waals surface area contributed by atoms with Crippen LogP contribution >= 0.6 is 0 Å². The number of rotatable bonds is 2. The lowest BCUT2D eigenvalue weighted by atomic mass is 9.97. The van der Waals surface area contributed by atoms with Gasteiger partial charge >= 0.3 is 5.97 Å². The molecule has 0 aliphatic carbocycles. The highest BCUT2D eigenvalue weighted by Gasteiger charge is 2.30. The van der Waals surface area contributed by atoms with Crippen LogP contribution in [0.5, 0.6) is 0 Å². The van der Waals surface area contributed by atoms with Gasteiger partial charge in [0.05, 0.1) is 24.4 Å². The molecule has 0 aromatic heterocycles. The molecule has 16 heavy (non-hydrogen) atoms. The molecular formula is C11H15NO4. The molecule has 88 valence electrons. The number of carboxylic acids is 1. The number of nitrogens with zero attached hydrogens (tertiary/aromatic N) is 1. The molecule has 1 amide bonds. The van der Waals surface area contributed by atoms with Crippen LogP contribution in [0.2, 0.25) is 0 Å². The molecule has 5 heteroatoms. The Hall–Kier alpha value is -1.52. The molecule has 2 aliphatic heterocycles. The second-order valence-electron chi connectivity index (χ2n) is 4.19. The van der Waals surface area contributed by atoms with E-state index >= 15 is 0 Å². The highest BCUT2D eigenvalue weighted by molar-refractivity contribution is 5.93. The van der Waals surface area contributed by atoms with Crippen LogP contribution in [-0.2, 0) is 14.3 Å². The normalized spacial score (nSPS) is 24.9. The first kappa shape index (κ1) is 11.0. The van der Waals surface area contributed by atoms with E-state index in [-0.39, 0.29) is 5.91 Å². The summed E-state index contributed by atoms with van der Waals surface area (Å²) in [6.07, 6.45) is 3.55. The highest BCUT2D eigenvalue weighted by atomic mass is 16.5. The summed E-state index contributed by atoms with van der Waals surface area (Å²) in [4.78, 5) is 24.4. The molecule has 2 heterocycles. The van der Waals surface area contributed by atoms with Crippen molar-refractivity contribution in [3.8, 4) is 0 Å². The second-order valence-corrected chi connectivity index (χ2v) is 4.19. The number of likely N-dealkylation sites (tertiary alicyclic amines) is 1. The molecule has 0 aromatic carbocycles. The van der Waals surface area contributed by atoms with Gasteiger partial charge in [0.1, 0.15) is 0 Å². The van der Waals surface area contributed by atoms with E-state index in [1.165, 1.54) is 6.26 Å². The van der Waals surface area contributed by atoms with Crippen molar-refractivity contribution < 1.29 is 19.4 Å². The summed E-state index contributed by atoms with van der Waals surface area (Å²) < 4.78 is 5.02. The molecular weight excluding hydrogens is 210 g/mol. The van der Waals surface area contributed by atoms with Gasteiger partial charge in [0.25, 0.3) is 5.91 Å². The number of aliphatic carboxylic acids is 1. The predicted molar refractivity (Wildman–Crippen MR) is 55.6 cm³/mol.